The highest BCUT2D eigenvalue weighted by Gasteiger charge is 2.22. The zero-order valence-electron chi connectivity index (χ0n) is 7.16. The fourth-order valence-electron chi connectivity index (χ4n) is 1.52. The fourth-order valence-corrected chi connectivity index (χ4v) is 1.52. The summed E-state index contributed by atoms with van der Waals surface area (Å²) in [7, 11) is 0. The summed E-state index contributed by atoms with van der Waals surface area (Å²) in [5, 5.41) is 8.63. The van der Waals surface area contributed by atoms with E-state index >= 15 is 0 Å². The highest BCUT2D eigenvalue weighted by atomic mass is 16.4. The van der Waals surface area contributed by atoms with E-state index in [4.69, 9.17) is 10.8 Å². The third kappa shape index (κ3) is 1.55. The maximum absolute atomic E-state index is 10.5. The van der Waals surface area contributed by atoms with Crippen LogP contribution >= 0.6 is 0 Å². The monoisotopic (exact) mass is 177 g/mol. The molecular weight excluding hydrogens is 166 g/mol. The van der Waals surface area contributed by atoms with Gasteiger partial charge in [0.2, 0.25) is 0 Å². The highest BCUT2D eigenvalue weighted by molar-refractivity contribution is 5.73. The van der Waals surface area contributed by atoms with Crippen LogP contribution in [0.5, 0.6) is 0 Å². The molecule has 2 rings (SSSR count). The molecule has 13 heavy (non-hydrogen) atoms. The number of aliphatic carboxylic acids is 1. The van der Waals surface area contributed by atoms with E-state index in [0.29, 0.717) is 6.42 Å². The van der Waals surface area contributed by atoms with Crippen molar-refractivity contribution in [1.29, 1.82) is 0 Å². The van der Waals surface area contributed by atoms with Crippen LogP contribution in [0, 0.1) is 0 Å². The predicted molar refractivity (Wildman–Crippen MR) is 48.6 cm³/mol. The average molecular weight is 177 g/mol. The smallest absolute Gasteiger partial charge is 0.320 e. The molecule has 3 heteroatoms. The Hall–Kier alpha value is -1.35. The lowest BCUT2D eigenvalue weighted by atomic mass is 10.1. The Kier molecular flexibility index (Phi) is 1.81. The van der Waals surface area contributed by atoms with Gasteiger partial charge in [0.15, 0.2) is 0 Å². The maximum atomic E-state index is 10.5. The zero-order chi connectivity index (χ0) is 9.42. The van der Waals surface area contributed by atoms with Crippen molar-refractivity contribution in [2.45, 2.75) is 18.9 Å². The van der Waals surface area contributed by atoms with Crippen LogP contribution in [-0.2, 0) is 17.6 Å². The van der Waals surface area contributed by atoms with Crippen LogP contribution in [-0.4, -0.2) is 17.1 Å². The Bertz CT molecular complexity index is 360. The molecule has 1 unspecified atom stereocenters. The molecule has 0 heterocycles. The lowest BCUT2D eigenvalue weighted by molar-refractivity contribution is -0.138. The third-order valence-electron chi connectivity index (χ3n) is 2.37. The van der Waals surface area contributed by atoms with Gasteiger partial charge in [-0.15, -0.1) is 0 Å². The van der Waals surface area contributed by atoms with Gasteiger partial charge >= 0.3 is 5.97 Å². The fraction of sp³-hybridized carbons (Fsp3) is 0.300. The first-order valence-corrected chi connectivity index (χ1v) is 4.26. The van der Waals surface area contributed by atoms with E-state index in [1.54, 1.807) is 0 Å². The van der Waals surface area contributed by atoms with Crippen molar-refractivity contribution in [3.05, 3.63) is 34.9 Å². The van der Waals surface area contributed by atoms with Gasteiger partial charge in [-0.25, -0.2) is 0 Å². The van der Waals surface area contributed by atoms with Crippen molar-refractivity contribution in [3.63, 3.8) is 0 Å². The van der Waals surface area contributed by atoms with Gasteiger partial charge in [-0.05, 0) is 29.5 Å². The molecule has 68 valence electrons. The van der Waals surface area contributed by atoms with E-state index < -0.39 is 12.0 Å². The predicted octanol–water partition coefficient (Wildman–Crippen LogP) is 0.545. The molecule has 0 aliphatic heterocycles. The first-order valence-electron chi connectivity index (χ1n) is 4.26. The summed E-state index contributed by atoms with van der Waals surface area (Å²) in [5.41, 5.74) is 9.15. The molecule has 0 spiro atoms. The average Bonchev–Trinajstić information content (AvgIpc) is 2.83. The Balaban J connectivity index is 2.12. The number of rotatable bonds is 3. The molecule has 0 bridgehead atoms. The maximum Gasteiger partial charge on any atom is 0.320 e. The largest absolute Gasteiger partial charge is 0.480 e. The molecule has 3 N–H and O–H groups in total. The van der Waals surface area contributed by atoms with Crippen LogP contribution in [0.3, 0.4) is 0 Å². The van der Waals surface area contributed by atoms with E-state index in [2.05, 4.69) is 6.07 Å². The zero-order valence-corrected chi connectivity index (χ0v) is 7.16. The topological polar surface area (TPSA) is 63.3 Å². The van der Waals surface area contributed by atoms with Crippen LogP contribution in [0.25, 0.3) is 0 Å². The summed E-state index contributed by atoms with van der Waals surface area (Å²) in [5.74, 6) is -0.932. The molecule has 1 aliphatic rings. The van der Waals surface area contributed by atoms with E-state index in [1.807, 2.05) is 12.1 Å². The molecule has 0 saturated heterocycles. The Morgan fingerprint density at radius 2 is 2.38 bits per heavy atom. The molecule has 0 aromatic heterocycles. The quantitative estimate of drug-likeness (QED) is 0.719. The number of carbonyl (C=O) groups is 1. The van der Waals surface area contributed by atoms with E-state index in [0.717, 1.165) is 12.0 Å². The number of carboxylic acid groups (broad SMARTS) is 1. The molecule has 0 amide bonds. The van der Waals surface area contributed by atoms with Crippen molar-refractivity contribution < 1.29 is 9.90 Å². The molecule has 1 aromatic carbocycles. The van der Waals surface area contributed by atoms with Gasteiger partial charge in [-0.3, -0.25) is 4.79 Å². The minimum absolute atomic E-state index is 0.443. The number of hydrogen-bond acceptors (Lipinski definition) is 2. The van der Waals surface area contributed by atoms with Crippen LogP contribution < -0.4 is 5.73 Å². The second kappa shape index (κ2) is 2.85. The van der Waals surface area contributed by atoms with Gasteiger partial charge in [0, 0.05) is 0 Å². The molecule has 0 saturated carbocycles. The summed E-state index contributed by atoms with van der Waals surface area (Å²) in [6.45, 7) is 0. The standard InChI is InChI=1S/C10H11NO2/c11-9(10(12)13)5-7-3-1-2-6-4-8(6)7/h1-3,9H,4-5,11H2,(H,12,13). The molecule has 0 fully saturated rings. The van der Waals surface area contributed by atoms with Crippen molar-refractivity contribution in [2.24, 2.45) is 5.73 Å². The third-order valence-corrected chi connectivity index (χ3v) is 2.37. The summed E-state index contributed by atoms with van der Waals surface area (Å²) in [4.78, 5) is 10.5. The van der Waals surface area contributed by atoms with Crippen molar-refractivity contribution in [1.82, 2.24) is 0 Å². The van der Waals surface area contributed by atoms with E-state index in [9.17, 15) is 4.79 Å². The molecule has 1 atom stereocenters. The molecule has 1 aromatic rings. The van der Waals surface area contributed by atoms with E-state index in [-0.39, 0.29) is 0 Å². The second-order valence-corrected chi connectivity index (χ2v) is 3.38. The van der Waals surface area contributed by atoms with Gasteiger partial charge in [-0.1, -0.05) is 18.2 Å². The Morgan fingerprint density at radius 1 is 1.62 bits per heavy atom. The van der Waals surface area contributed by atoms with Gasteiger partial charge < -0.3 is 10.8 Å². The van der Waals surface area contributed by atoms with Crippen LogP contribution in [0.15, 0.2) is 18.2 Å². The summed E-state index contributed by atoms with van der Waals surface area (Å²) < 4.78 is 0. The number of nitrogens with two attached hydrogens (primary N) is 1. The summed E-state index contributed by atoms with van der Waals surface area (Å²) in [6, 6.07) is 5.20. The number of fused-ring (bicyclic) bond motifs is 1. The lowest BCUT2D eigenvalue weighted by Gasteiger charge is -2.05. The minimum Gasteiger partial charge on any atom is -0.480 e. The molecular formula is C10H11NO2. The van der Waals surface area contributed by atoms with Gasteiger partial charge in [0.1, 0.15) is 6.04 Å². The Labute approximate surface area is 76.2 Å². The molecule has 0 radical (unpaired) electrons. The minimum atomic E-state index is -0.932. The highest BCUT2D eigenvalue weighted by Crippen LogP contribution is 2.31. The van der Waals surface area contributed by atoms with Gasteiger partial charge in [0.25, 0.3) is 0 Å². The summed E-state index contributed by atoms with van der Waals surface area (Å²) >= 11 is 0. The van der Waals surface area contributed by atoms with Gasteiger partial charge in [0.05, 0.1) is 0 Å². The first kappa shape index (κ1) is 8.26. The van der Waals surface area contributed by atoms with Crippen LogP contribution in [0.1, 0.15) is 16.7 Å². The Morgan fingerprint density at radius 3 is 3.08 bits per heavy atom. The SMILES string of the molecule is NC(Cc1cccc2c1C2)C(=O)O. The van der Waals surface area contributed by atoms with Gasteiger partial charge in [-0.2, -0.15) is 0 Å². The van der Waals surface area contributed by atoms with Crippen LogP contribution in [0.2, 0.25) is 0 Å². The van der Waals surface area contributed by atoms with E-state index in [1.165, 1.54) is 11.1 Å². The molecule has 3 nitrogen and oxygen atoms in total. The van der Waals surface area contributed by atoms with Crippen LogP contribution in [0.4, 0.5) is 0 Å². The number of benzene rings is 1. The molecule has 1 aliphatic carbocycles. The summed E-state index contributed by atoms with van der Waals surface area (Å²) in [6.07, 6.45) is 1.45. The lowest BCUT2D eigenvalue weighted by Crippen LogP contribution is -2.32. The van der Waals surface area contributed by atoms with Crippen molar-refractivity contribution in [2.75, 3.05) is 0 Å². The van der Waals surface area contributed by atoms with Crippen molar-refractivity contribution >= 4 is 5.97 Å². The first-order chi connectivity index (χ1) is 6.18. The van der Waals surface area contributed by atoms with Crippen molar-refractivity contribution in [3.8, 4) is 0 Å². The normalized spacial score (nSPS) is 14.8. The number of carboxylic acids is 1. The number of hydrogen-bond donors (Lipinski definition) is 2. The second-order valence-electron chi connectivity index (χ2n) is 3.38.